The van der Waals surface area contributed by atoms with Crippen LogP contribution in [0.3, 0.4) is 0 Å². The lowest BCUT2D eigenvalue weighted by molar-refractivity contribution is 0.796. The molecule has 0 aromatic rings. The Hall–Kier alpha value is -0.525. The predicted octanol–water partition coefficient (Wildman–Crippen LogP) is 1.59. The molecule has 0 aliphatic rings. The number of hydrogen-bond acceptors (Lipinski definition) is 1. The SMILES string of the molecule is B/C(C)=C(\C(C)=N)C(C)C. The number of hydrogen-bond donors (Lipinski definition) is 1. The first kappa shape index (κ1) is 9.47. The fourth-order valence-corrected chi connectivity index (χ4v) is 1.39. The zero-order valence-corrected chi connectivity index (χ0v) is 7.58. The fraction of sp³-hybridized carbons (Fsp3) is 0.625. The molecule has 0 saturated carbocycles. The molecule has 0 bridgehead atoms. The molecular weight excluding hydrogens is 121 g/mol. The second kappa shape index (κ2) is 3.60. The van der Waals surface area contributed by atoms with E-state index in [9.17, 15) is 0 Å². The maximum absolute atomic E-state index is 7.45. The van der Waals surface area contributed by atoms with Gasteiger partial charge in [-0.1, -0.05) is 20.8 Å². The Balaban J connectivity index is 4.61. The third-order valence-corrected chi connectivity index (χ3v) is 1.52. The van der Waals surface area contributed by atoms with Gasteiger partial charge in [-0.3, -0.25) is 0 Å². The molecule has 0 fully saturated rings. The van der Waals surface area contributed by atoms with Gasteiger partial charge in [0, 0.05) is 5.71 Å². The summed E-state index contributed by atoms with van der Waals surface area (Å²) < 4.78 is 0. The highest BCUT2D eigenvalue weighted by atomic mass is 14.4. The first-order valence-electron chi connectivity index (χ1n) is 3.69. The molecular formula is C8H16BN. The summed E-state index contributed by atoms with van der Waals surface area (Å²) in [6.07, 6.45) is 0. The molecule has 56 valence electrons. The average molecular weight is 137 g/mol. The molecule has 0 aromatic carbocycles. The lowest BCUT2D eigenvalue weighted by Crippen LogP contribution is -2.06. The molecule has 0 unspecified atom stereocenters. The maximum Gasteiger partial charge on any atom is 0.134 e. The van der Waals surface area contributed by atoms with E-state index in [1.54, 1.807) is 0 Å². The molecule has 0 aliphatic carbocycles. The van der Waals surface area contributed by atoms with E-state index in [0.717, 1.165) is 0 Å². The van der Waals surface area contributed by atoms with Gasteiger partial charge in [-0.05, 0) is 18.4 Å². The van der Waals surface area contributed by atoms with Gasteiger partial charge in [0.15, 0.2) is 0 Å². The second-order valence-electron chi connectivity index (χ2n) is 3.19. The zero-order chi connectivity index (χ0) is 8.31. The van der Waals surface area contributed by atoms with Gasteiger partial charge in [-0.15, -0.1) is 5.47 Å². The molecule has 0 amide bonds. The monoisotopic (exact) mass is 137 g/mol. The normalized spacial score (nSPS) is 13.3. The van der Waals surface area contributed by atoms with Crippen LogP contribution in [0.25, 0.3) is 0 Å². The second-order valence-corrected chi connectivity index (χ2v) is 3.19. The van der Waals surface area contributed by atoms with Crippen LogP contribution < -0.4 is 0 Å². The van der Waals surface area contributed by atoms with Crippen LogP contribution in [0.2, 0.25) is 0 Å². The molecule has 1 N–H and O–H groups in total. The van der Waals surface area contributed by atoms with Gasteiger partial charge in [0.05, 0.1) is 0 Å². The summed E-state index contributed by atoms with van der Waals surface area (Å²) in [5.41, 5.74) is 3.16. The maximum atomic E-state index is 7.45. The van der Waals surface area contributed by atoms with Crippen molar-refractivity contribution in [3.8, 4) is 0 Å². The smallest absolute Gasteiger partial charge is 0.134 e. The van der Waals surface area contributed by atoms with Crippen molar-refractivity contribution in [1.29, 1.82) is 5.41 Å². The molecule has 10 heavy (non-hydrogen) atoms. The van der Waals surface area contributed by atoms with E-state index in [0.29, 0.717) is 11.6 Å². The molecule has 0 atom stereocenters. The van der Waals surface area contributed by atoms with Crippen LogP contribution in [0.5, 0.6) is 0 Å². The summed E-state index contributed by atoms with van der Waals surface area (Å²) >= 11 is 0. The summed E-state index contributed by atoms with van der Waals surface area (Å²) in [6.45, 7) is 8.16. The van der Waals surface area contributed by atoms with Crippen molar-refractivity contribution in [2.24, 2.45) is 5.92 Å². The topological polar surface area (TPSA) is 23.9 Å². The minimum atomic E-state index is 0.488. The quantitative estimate of drug-likeness (QED) is 0.441. The van der Waals surface area contributed by atoms with Gasteiger partial charge in [-0.25, -0.2) is 0 Å². The highest BCUT2D eigenvalue weighted by molar-refractivity contribution is 6.24. The minimum Gasteiger partial charge on any atom is -0.305 e. The van der Waals surface area contributed by atoms with Crippen molar-refractivity contribution >= 4 is 13.6 Å². The Bertz CT molecular complexity index is 164. The van der Waals surface area contributed by atoms with Crippen LogP contribution in [-0.4, -0.2) is 13.6 Å². The molecule has 0 aliphatic heterocycles. The number of rotatable bonds is 2. The van der Waals surface area contributed by atoms with Gasteiger partial charge < -0.3 is 5.41 Å². The molecule has 2 heteroatoms. The number of allylic oxidation sites excluding steroid dienone is 2. The molecule has 0 heterocycles. The van der Waals surface area contributed by atoms with Crippen molar-refractivity contribution < 1.29 is 0 Å². The van der Waals surface area contributed by atoms with E-state index in [-0.39, 0.29) is 0 Å². The lowest BCUT2D eigenvalue weighted by atomic mass is 9.84. The standard InChI is InChI=1S/C8H16BN/c1-5(2)8(6(3)9)7(4)10/h5,10H,9H2,1-4H3/b8-6-,10-7?. The molecule has 0 saturated heterocycles. The highest BCUT2D eigenvalue weighted by Crippen LogP contribution is 2.13. The molecule has 0 spiro atoms. The minimum absolute atomic E-state index is 0.488. The lowest BCUT2D eigenvalue weighted by Gasteiger charge is -2.11. The van der Waals surface area contributed by atoms with Crippen molar-refractivity contribution in [1.82, 2.24) is 0 Å². The summed E-state index contributed by atoms with van der Waals surface area (Å²) in [4.78, 5) is 0. The van der Waals surface area contributed by atoms with E-state index in [1.807, 2.05) is 6.92 Å². The van der Waals surface area contributed by atoms with Gasteiger partial charge in [-0.2, -0.15) is 0 Å². The molecule has 1 nitrogen and oxygen atoms in total. The van der Waals surface area contributed by atoms with Crippen molar-refractivity contribution in [3.63, 3.8) is 0 Å². The fourth-order valence-electron chi connectivity index (χ4n) is 1.39. The van der Waals surface area contributed by atoms with E-state index in [4.69, 9.17) is 5.41 Å². The highest BCUT2D eigenvalue weighted by Gasteiger charge is 2.05. The third-order valence-electron chi connectivity index (χ3n) is 1.52. The van der Waals surface area contributed by atoms with E-state index < -0.39 is 0 Å². The Morgan fingerprint density at radius 1 is 1.30 bits per heavy atom. The van der Waals surface area contributed by atoms with Gasteiger partial charge in [0.2, 0.25) is 0 Å². The zero-order valence-electron chi connectivity index (χ0n) is 7.58. The van der Waals surface area contributed by atoms with Gasteiger partial charge in [0.25, 0.3) is 0 Å². The van der Waals surface area contributed by atoms with Crippen molar-refractivity contribution in [2.45, 2.75) is 27.7 Å². The van der Waals surface area contributed by atoms with Crippen LogP contribution in [0.1, 0.15) is 27.7 Å². The average Bonchev–Trinajstić information content (AvgIpc) is 1.59. The van der Waals surface area contributed by atoms with Gasteiger partial charge >= 0.3 is 0 Å². The molecule has 0 rings (SSSR count). The Kier molecular flexibility index (Phi) is 3.41. The van der Waals surface area contributed by atoms with Crippen LogP contribution >= 0.6 is 0 Å². The van der Waals surface area contributed by atoms with Crippen molar-refractivity contribution in [2.75, 3.05) is 0 Å². The Morgan fingerprint density at radius 3 is 1.70 bits per heavy atom. The van der Waals surface area contributed by atoms with Crippen molar-refractivity contribution in [3.05, 3.63) is 11.0 Å². The number of nitrogens with one attached hydrogen (secondary N) is 1. The summed E-state index contributed by atoms with van der Waals surface area (Å²) in [5, 5.41) is 7.45. The molecule has 0 aromatic heterocycles. The third kappa shape index (κ3) is 2.38. The predicted molar refractivity (Wildman–Crippen MR) is 49.5 cm³/mol. The Morgan fingerprint density at radius 2 is 1.70 bits per heavy atom. The summed E-state index contributed by atoms with van der Waals surface area (Å²) in [7, 11) is 2.06. The largest absolute Gasteiger partial charge is 0.305 e. The first-order chi connectivity index (χ1) is 4.46. The summed E-state index contributed by atoms with van der Waals surface area (Å²) in [6, 6.07) is 0. The first-order valence-corrected chi connectivity index (χ1v) is 3.69. The van der Waals surface area contributed by atoms with E-state index >= 15 is 0 Å². The van der Waals surface area contributed by atoms with Gasteiger partial charge in [0.1, 0.15) is 7.85 Å². The van der Waals surface area contributed by atoms with Crippen LogP contribution in [0.15, 0.2) is 11.0 Å². The Labute approximate surface area is 64.4 Å². The van der Waals surface area contributed by atoms with E-state index in [2.05, 4.69) is 28.6 Å². The van der Waals surface area contributed by atoms with Crippen LogP contribution in [0.4, 0.5) is 0 Å². The summed E-state index contributed by atoms with van der Waals surface area (Å²) in [5.74, 6) is 0.488. The molecule has 0 radical (unpaired) electrons. The van der Waals surface area contributed by atoms with Crippen LogP contribution in [-0.2, 0) is 0 Å². The van der Waals surface area contributed by atoms with E-state index in [1.165, 1.54) is 11.0 Å². The van der Waals surface area contributed by atoms with Crippen LogP contribution in [0, 0.1) is 11.3 Å².